The molecular formula is C14H30O5S. The fourth-order valence-electron chi connectivity index (χ4n) is 1.43. The highest BCUT2D eigenvalue weighted by atomic mass is 32.2. The minimum absolute atomic E-state index is 0.0316. The normalized spacial score (nSPS) is 11.9. The van der Waals surface area contributed by atoms with E-state index >= 15 is 0 Å². The van der Waals surface area contributed by atoms with E-state index in [4.69, 9.17) is 13.7 Å². The summed E-state index contributed by atoms with van der Waals surface area (Å²) in [5.74, 6) is 0.0316. The lowest BCUT2D eigenvalue weighted by atomic mass is 10.3. The maximum atomic E-state index is 11.0. The van der Waals surface area contributed by atoms with Crippen LogP contribution in [0.2, 0.25) is 0 Å². The molecule has 0 heterocycles. The third-order valence-corrected chi connectivity index (χ3v) is 4.00. The number of rotatable bonds is 15. The van der Waals surface area contributed by atoms with E-state index in [-0.39, 0.29) is 12.4 Å². The molecule has 0 saturated heterocycles. The number of ether oxygens (including phenoxy) is 2. The zero-order valence-corrected chi connectivity index (χ0v) is 13.8. The molecule has 5 nitrogen and oxygen atoms in total. The van der Waals surface area contributed by atoms with Gasteiger partial charge < -0.3 is 9.47 Å². The highest BCUT2D eigenvalue weighted by Gasteiger charge is 2.05. The molecule has 0 aliphatic heterocycles. The van der Waals surface area contributed by atoms with E-state index in [2.05, 4.69) is 6.92 Å². The molecule has 0 aromatic heterocycles. The lowest BCUT2D eigenvalue weighted by Crippen LogP contribution is -2.09. The van der Waals surface area contributed by atoms with Gasteiger partial charge in [0.2, 0.25) is 0 Å². The zero-order chi connectivity index (χ0) is 15.1. The topological polar surface area (TPSA) is 61.8 Å². The van der Waals surface area contributed by atoms with Crippen molar-refractivity contribution in [2.24, 2.45) is 0 Å². The summed E-state index contributed by atoms with van der Waals surface area (Å²) < 4.78 is 37.7. The summed E-state index contributed by atoms with van der Waals surface area (Å²) in [6.45, 7) is 7.05. The third-order valence-electron chi connectivity index (χ3n) is 2.77. The van der Waals surface area contributed by atoms with E-state index in [0.29, 0.717) is 13.0 Å². The van der Waals surface area contributed by atoms with E-state index in [1.807, 2.05) is 0 Å². The molecule has 0 saturated carbocycles. The van der Waals surface area contributed by atoms with Gasteiger partial charge in [0, 0.05) is 26.4 Å². The molecule has 0 spiro atoms. The predicted molar refractivity (Wildman–Crippen MR) is 80.4 cm³/mol. The summed E-state index contributed by atoms with van der Waals surface area (Å²) in [5, 5.41) is 0. The van der Waals surface area contributed by atoms with Crippen LogP contribution in [0.3, 0.4) is 0 Å². The highest BCUT2D eigenvalue weighted by molar-refractivity contribution is 7.86. The Morgan fingerprint density at radius 1 is 0.700 bits per heavy atom. The van der Waals surface area contributed by atoms with Crippen LogP contribution in [0, 0.1) is 0 Å². The van der Waals surface area contributed by atoms with Crippen LogP contribution in [0.25, 0.3) is 0 Å². The van der Waals surface area contributed by atoms with Crippen LogP contribution in [0.15, 0.2) is 0 Å². The van der Waals surface area contributed by atoms with Gasteiger partial charge >= 0.3 is 0 Å². The van der Waals surface area contributed by atoms with Crippen molar-refractivity contribution >= 4 is 10.1 Å². The Morgan fingerprint density at radius 2 is 1.15 bits per heavy atom. The maximum absolute atomic E-state index is 11.0. The molecule has 0 amide bonds. The summed E-state index contributed by atoms with van der Waals surface area (Å²) >= 11 is 0. The van der Waals surface area contributed by atoms with Crippen LogP contribution in [-0.2, 0) is 23.8 Å². The Morgan fingerprint density at radius 3 is 1.60 bits per heavy atom. The van der Waals surface area contributed by atoms with E-state index in [1.54, 1.807) is 6.92 Å². The van der Waals surface area contributed by atoms with E-state index < -0.39 is 10.1 Å². The lowest BCUT2D eigenvalue weighted by molar-refractivity contribution is 0.0986. The van der Waals surface area contributed by atoms with Crippen LogP contribution in [0.4, 0.5) is 0 Å². The molecule has 0 radical (unpaired) electrons. The number of hydrogen-bond donors (Lipinski definition) is 0. The second-order valence-corrected chi connectivity index (χ2v) is 6.59. The first-order valence-corrected chi connectivity index (χ1v) is 9.22. The molecule has 0 atom stereocenters. The summed E-state index contributed by atoms with van der Waals surface area (Å²) in [6, 6.07) is 0. The number of unbranched alkanes of at least 4 members (excludes halogenated alkanes) is 3. The summed E-state index contributed by atoms with van der Waals surface area (Å²) in [7, 11) is -3.29. The Labute approximate surface area is 124 Å². The molecule has 0 fully saturated rings. The van der Waals surface area contributed by atoms with Crippen molar-refractivity contribution in [2.45, 2.75) is 52.4 Å². The van der Waals surface area contributed by atoms with Gasteiger partial charge in [0.15, 0.2) is 0 Å². The SMILES string of the molecule is CCCCOCCCCOCCCCOS(=O)(=O)CC. The van der Waals surface area contributed by atoms with Crippen molar-refractivity contribution < 1.29 is 22.1 Å². The van der Waals surface area contributed by atoms with E-state index in [0.717, 1.165) is 45.5 Å². The molecule has 0 rings (SSSR count). The van der Waals surface area contributed by atoms with Gasteiger partial charge in [-0.15, -0.1) is 0 Å². The molecule has 6 heteroatoms. The maximum Gasteiger partial charge on any atom is 0.267 e. The van der Waals surface area contributed by atoms with E-state index in [9.17, 15) is 8.42 Å². The Bertz CT molecular complexity index is 290. The van der Waals surface area contributed by atoms with Gasteiger partial charge in [0.05, 0.1) is 12.4 Å². The van der Waals surface area contributed by atoms with Crippen molar-refractivity contribution in [3.05, 3.63) is 0 Å². The standard InChI is InChI=1S/C14H30O5S/c1-3-5-10-17-11-6-7-12-18-13-8-9-14-19-20(15,16)4-2/h3-14H2,1-2H3. The van der Waals surface area contributed by atoms with Crippen LogP contribution in [-0.4, -0.2) is 47.2 Å². The lowest BCUT2D eigenvalue weighted by Gasteiger charge is -2.06. The quantitative estimate of drug-likeness (QED) is 0.344. The van der Waals surface area contributed by atoms with Crippen molar-refractivity contribution in [3.8, 4) is 0 Å². The van der Waals surface area contributed by atoms with Crippen molar-refractivity contribution in [2.75, 3.05) is 38.8 Å². The first-order chi connectivity index (χ1) is 9.62. The smallest absolute Gasteiger partial charge is 0.267 e. The molecule has 0 aliphatic carbocycles. The van der Waals surface area contributed by atoms with Gasteiger partial charge in [0.1, 0.15) is 0 Å². The number of hydrogen-bond acceptors (Lipinski definition) is 5. The molecule has 20 heavy (non-hydrogen) atoms. The molecule has 0 unspecified atom stereocenters. The van der Waals surface area contributed by atoms with E-state index in [1.165, 1.54) is 6.42 Å². The summed E-state index contributed by atoms with van der Waals surface area (Å²) in [4.78, 5) is 0. The minimum Gasteiger partial charge on any atom is -0.381 e. The van der Waals surface area contributed by atoms with Crippen LogP contribution in [0.1, 0.15) is 52.4 Å². The monoisotopic (exact) mass is 310 g/mol. The van der Waals surface area contributed by atoms with Crippen LogP contribution in [0.5, 0.6) is 0 Å². The predicted octanol–water partition coefficient (Wildman–Crippen LogP) is 2.75. The Balaban J connectivity index is 3.10. The molecule has 122 valence electrons. The van der Waals surface area contributed by atoms with Crippen LogP contribution < -0.4 is 0 Å². The molecule has 0 aliphatic rings. The minimum atomic E-state index is -3.29. The molecule has 0 bridgehead atoms. The van der Waals surface area contributed by atoms with Crippen LogP contribution >= 0.6 is 0 Å². The summed E-state index contributed by atoms with van der Waals surface area (Å²) in [6.07, 6.45) is 5.87. The van der Waals surface area contributed by atoms with Gasteiger partial charge in [-0.3, -0.25) is 4.18 Å². The molecular weight excluding hydrogens is 280 g/mol. The largest absolute Gasteiger partial charge is 0.381 e. The van der Waals surface area contributed by atoms with Gasteiger partial charge in [0.25, 0.3) is 10.1 Å². The van der Waals surface area contributed by atoms with Gasteiger partial charge in [-0.1, -0.05) is 13.3 Å². The zero-order valence-electron chi connectivity index (χ0n) is 12.9. The first kappa shape index (κ1) is 19.8. The average Bonchev–Trinajstić information content (AvgIpc) is 2.44. The summed E-state index contributed by atoms with van der Waals surface area (Å²) in [5.41, 5.74) is 0. The second kappa shape index (κ2) is 13.8. The third kappa shape index (κ3) is 14.2. The van der Waals surface area contributed by atoms with Crippen molar-refractivity contribution in [1.29, 1.82) is 0 Å². The van der Waals surface area contributed by atoms with Crippen molar-refractivity contribution in [1.82, 2.24) is 0 Å². The Hall–Kier alpha value is -0.170. The van der Waals surface area contributed by atoms with Crippen molar-refractivity contribution in [3.63, 3.8) is 0 Å². The molecule has 0 aromatic rings. The highest BCUT2D eigenvalue weighted by Crippen LogP contribution is 1.99. The Kier molecular flexibility index (Phi) is 13.7. The molecule has 0 N–H and O–H groups in total. The average molecular weight is 310 g/mol. The fourth-order valence-corrected chi connectivity index (χ4v) is 1.97. The second-order valence-electron chi connectivity index (χ2n) is 4.66. The van der Waals surface area contributed by atoms with Gasteiger partial charge in [-0.05, 0) is 39.0 Å². The molecule has 0 aromatic carbocycles. The van der Waals surface area contributed by atoms with Gasteiger partial charge in [-0.2, -0.15) is 8.42 Å². The first-order valence-electron chi connectivity index (χ1n) is 7.65. The van der Waals surface area contributed by atoms with Gasteiger partial charge in [-0.25, -0.2) is 0 Å². The fraction of sp³-hybridized carbons (Fsp3) is 1.00.